The largest absolute Gasteiger partial charge is 0.385 e. The maximum Gasteiger partial charge on any atom is 0.255 e. The summed E-state index contributed by atoms with van der Waals surface area (Å²) in [7, 11) is 1.63. The highest BCUT2D eigenvalue weighted by Gasteiger charge is 2.23. The second-order valence-corrected chi connectivity index (χ2v) is 7.12. The van der Waals surface area contributed by atoms with E-state index in [2.05, 4.69) is 27.3 Å². The van der Waals surface area contributed by atoms with E-state index in [1.807, 2.05) is 23.1 Å². The summed E-state index contributed by atoms with van der Waals surface area (Å²) < 4.78 is 4.97. The minimum absolute atomic E-state index is 0.0779. The van der Waals surface area contributed by atoms with E-state index in [9.17, 15) is 9.59 Å². The van der Waals surface area contributed by atoms with Gasteiger partial charge in [0, 0.05) is 65.4 Å². The lowest BCUT2D eigenvalue weighted by atomic mass is 10.1. The maximum atomic E-state index is 12.9. The number of hydrogen-bond donors (Lipinski definition) is 1. The molecule has 154 valence electrons. The Kier molecular flexibility index (Phi) is 7.72. The second-order valence-electron chi connectivity index (χ2n) is 7.12. The first kappa shape index (κ1) is 21.0. The Bertz CT molecular complexity index is 805. The first-order valence-electron chi connectivity index (χ1n) is 9.95. The van der Waals surface area contributed by atoms with Gasteiger partial charge in [0.2, 0.25) is 0 Å². The molecular weight excluding hydrogens is 368 g/mol. The summed E-state index contributed by atoms with van der Waals surface area (Å²) in [5, 5.41) is 2.82. The highest BCUT2D eigenvalue weighted by atomic mass is 16.5. The molecule has 1 aromatic heterocycles. The molecule has 1 saturated heterocycles. The van der Waals surface area contributed by atoms with Gasteiger partial charge in [-0.1, -0.05) is 30.3 Å². The Hall–Kier alpha value is -2.77. The number of carbonyl (C=O) groups is 2. The van der Waals surface area contributed by atoms with Crippen molar-refractivity contribution in [1.29, 1.82) is 0 Å². The van der Waals surface area contributed by atoms with Crippen LogP contribution in [0.15, 0.2) is 48.8 Å². The van der Waals surface area contributed by atoms with Crippen molar-refractivity contribution in [2.75, 3.05) is 46.4 Å². The first-order valence-corrected chi connectivity index (χ1v) is 9.95. The summed E-state index contributed by atoms with van der Waals surface area (Å²) in [4.78, 5) is 33.4. The van der Waals surface area contributed by atoms with E-state index in [-0.39, 0.29) is 11.8 Å². The van der Waals surface area contributed by atoms with Crippen LogP contribution in [-0.4, -0.2) is 73.0 Å². The van der Waals surface area contributed by atoms with E-state index in [4.69, 9.17) is 4.74 Å². The van der Waals surface area contributed by atoms with Crippen molar-refractivity contribution in [3.63, 3.8) is 0 Å². The topological polar surface area (TPSA) is 74.8 Å². The number of pyridine rings is 1. The number of rotatable bonds is 8. The molecular formula is C22H28N4O3. The number of benzene rings is 1. The van der Waals surface area contributed by atoms with Gasteiger partial charge in [0.1, 0.15) is 0 Å². The van der Waals surface area contributed by atoms with Crippen molar-refractivity contribution < 1.29 is 14.3 Å². The molecule has 1 N–H and O–H groups in total. The molecule has 0 aliphatic carbocycles. The van der Waals surface area contributed by atoms with E-state index in [1.165, 1.54) is 18.0 Å². The number of carbonyl (C=O) groups excluding carboxylic acids is 2. The zero-order chi connectivity index (χ0) is 20.5. The summed E-state index contributed by atoms with van der Waals surface area (Å²) in [6, 6.07) is 12.0. The molecule has 0 radical (unpaired) electrons. The van der Waals surface area contributed by atoms with E-state index in [0.717, 1.165) is 26.1 Å². The molecule has 1 aliphatic rings. The summed E-state index contributed by atoms with van der Waals surface area (Å²) in [5.74, 6) is -0.304. The average Bonchev–Trinajstić information content (AvgIpc) is 2.77. The molecule has 0 unspecified atom stereocenters. The monoisotopic (exact) mass is 396 g/mol. The molecule has 0 saturated carbocycles. The third-order valence-electron chi connectivity index (χ3n) is 4.97. The Labute approximate surface area is 171 Å². The van der Waals surface area contributed by atoms with Gasteiger partial charge < -0.3 is 15.0 Å². The van der Waals surface area contributed by atoms with E-state index in [1.54, 1.807) is 13.2 Å². The summed E-state index contributed by atoms with van der Waals surface area (Å²) >= 11 is 0. The molecule has 29 heavy (non-hydrogen) atoms. The Morgan fingerprint density at radius 2 is 1.79 bits per heavy atom. The van der Waals surface area contributed by atoms with Crippen molar-refractivity contribution in [3.8, 4) is 0 Å². The average molecular weight is 396 g/mol. The highest BCUT2D eigenvalue weighted by Crippen LogP contribution is 2.12. The Morgan fingerprint density at radius 3 is 2.52 bits per heavy atom. The number of piperazine rings is 1. The summed E-state index contributed by atoms with van der Waals surface area (Å²) in [6.07, 6.45) is 3.75. The van der Waals surface area contributed by atoms with Crippen molar-refractivity contribution >= 4 is 11.8 Å². The van der Waals surface area contributed by atoms with Crippen molar-refractivity contribution in [3.05, 3.63) is 65.5 Å². The van der Waals surface area contributed by atoms with E-state index in [0.29, 0.717) is 37.4 Å². The molecule has 2 heterocycles. The van der Waals surface area contributed by atoms with Gasteiger partial charge in [-0.05, 0) is 18.1 Å². The smallest absolute Gasteiger partial charge is 0.255 e. The highest BCUT2D eigenvalue weighted by molar-refractivity contribution is 5.99. The van der Waals surface area contributed by atoms with Gasteiger partial charge in [-0.3, -0.25) is 19.5 Å². The van der Waals surface area contributed by atoms with Gasteiger partial charge >= 0.3 is 0 Å². The molecule has 7 heteroatoms. The van der Waals surface area contributed by atoms with Crippen molar-refractivity contribution in [2.45, 2.75) is 13.0 Å². The van der Waals surface area contributed by atoms with Gasteiger partial charge in [0.05, 0.1) is 11.1 Å². The van der Waals surface area contributed by atoms with Gasteiger partial charge in [-0.15, -0.1) is 0 Å². The normalized spacial score (nSPS) is 14.6. The molecule has 7 nitrogen and oxygen atoms in total. The van der Waals surface area contributed by atoms with Crippen LogP contribution in [0.25, 0.3) is 0 Å². The molecule has 0 atom stereocenters. The molecule has 3 rings (SSSR count). The number of amides is 2. The fourth-order valence-electron chi connectivity index (χ4n) is 3.33. The third-order valence-corrected chi connectivity index (χ3v) is 4.97. The number of methoxy groups -OCH3 is 1. The summed E-state index contributed by atoms with van der Waals surface area (Å²) in [6.45, 7) is 4.99. The van der Waals surface area contributed by atoms with Crippen LogP contribution in [0, 0.1) is 0 Å². The van der Waals surface area contributed by atoms with E-state index >= 15 is 0 Å². The van der Waals surface area contributed by atoms with Crippen LogP contribution in [0.1, 0.15) is 32.7 Å². The molecule has 0 bridgehead atoms. The van der Waals surface area contributed by atoms with Crippen molar-refractivity contribution in [2.24, 2.45) is 0 Å². The number of nitrogens with zero attached hydrogens (tertiary/aromatic N) is 3. The standard InChI is InChI=1S/C22H28N4O3/c1-29-13-5-8-24-21(27)19-14-20(16-23-15-19)22(28)26-11-9-25(10-12-26)17-18-6-3-2-4-7-18/h2-4,6-7,14-16H,5,8-13,17H2,1H3,(H,24,27). The van der Waals surface area contributed by atoms with Gasteiger partial charge in [0.25, 0.3) is 11.8 Å². The summed E-state index contributed by atoms with van der Waals surface area (Å²) in [5.41, 5.74) is 2.13. The fourth-order valence-corrected chi connectivity index (χ4v) is 3.33. The first-order chi connectivity index (χ1) is 14.2. The quantitative estimate of drug-likeness (QED) is 0.689. The number of hydrogen-bond acceptors (Lipinski definition) is 5. The van der Waals surface area contributed by atoms with Crippen LogP contribution >= 0.6 is 0 Å². The van der Waals surface area contributed by atoms with Crippen LogP contribution in [0.4, 0.5) is 0 Å². The second kappa shape index (κ2) is 10.7. The molecule has 2 aromatic rings. The van der Waals surface area contributed by atoms with Crippen molar-refractivity contribution in [1.82, 2.24) is 20.1 Å². The number of ether oxygens (including phenoxy) is 1. The lowest BCUT2D eigenvalue weighted by Crippen LogP contribution is -2.48. The predicted molar refractivity (Wildman–Crippen MR) is 111 cm³/mol. The molecule has 2 amide bonds. The zero-order valence-corrected chi connectivity index (χ0v) is 16.8. The molecule has 1 aromatic carbocycles. The fraction of sp³-hybridized carbons (Fsp3) is 0.409. The van der Waals surface area contributed by atoms with Gasteiger partial charge in [-0.25, -0.2) is 0 Å². The maximum absolute atomic E-state index is 12.9. The minimum Gasteiger partial charge on any atom is -0.385 e. The lowest BCUT2D eigenvalue weighted by Gasteiger charge is -2.34. The van der Waals surface area contributed by atoms with Crippen LogP contribution in [0.3, 0.4) is 0 Å². The minimum atomic E-state index is -0.226. The van der Waals surface area contributed by atoms with E-state index < -0.39 is 0 Å². The Balaban J connectivity index is 1.52. The molecule has 1 fully saturated rings. The van der Waals surface area contributed by atoms with Crippen LogP contribution in [-0.2, 0) is 11.3 Å². The number of aromatic nitrogens is 1. The van der Waals surface area contributed by atoms with Gasteiger partial charge in [0.15, 0.2) is 0 Å². The van der Waals surface area contributed by atoms with Crippen LogP contribution < -0.4 is 5.32 Å². The lowest BCUT2D eigenvalue weighted by molar-refractivity contribution is 0.0628. The zero-order valence-electron chi connectivity index (χ0n) is 16.8. The molecule has 0 spiro atoms. The van der Waals surface area contributed by atoms with Gasteiger partial charge in [-0.2, -0.15) is 0 Å². The molecule has 1 aliphatic heterocycles. The number of nitrogens with one attached hydrogen (secondary N) is 1. The third kappa shape index (κ3) is 6.10. The predicted octanol–water partition coefficient (Wildman–Crippen LogP) is 1.81. The SMILES string of the molecule is COCCCNC(=O)c1cncc(C(=O)N2CCN(Cc3ccccc3)CC2)c1. The van der Waals surface area contributed by atoms with Crippen LogP contribution in [0.2, 0.25) is 0 Å². The van der Waals surface area contributed by atoms with Crippen LogP contribution in [0.5, 0.6) is 0 Å². The Morgan fingerprint density at radius 1 is 1.07 bits per heavy atom.